The molecule has 0 radical (unpaired) electrons. The third-order valence-electron chi connectivity index (χ3n) is 2.50. The van der Waals surface area contributed by atoms with Gasteiger partial charge in [0.1, 0.15) is 6.61 Å². The maximum absolute atomic E-state index is 10.4. The Hall–Kier alpha value is -2.09. The number of hydrogen-bond acceptors (Lipinski definition) is 2. The number of rotatable bonds is 2. The summed E-state index contributed by atoms with van der Waals surface area (Å²) in [5.41, 5.74) is 3.67. The maximum atomic E-state index is 10.4. The van der Waals surface area contributed by atoms with Crippen LogP contribution in [0.2, 0.25) is 0 Å². The molecule has 2 aromatic carbocycles. The van der Waals surface area contributed by atoms with Gasteiger partial charge in [-0.15, -0.1) is 0 Å². The Balaban J connectivity index is 0.000000200. The molecule has 2 nitrogen and oxygen atoms in total. The summed E-state index contributed by atoms with van der Waals surface area (Å²) in [5.74, 6) is -0.242. The van der Waals surface area contributed by atoms with Crippen molar-refractivity contribution in [1.82, 2.24) is 0 Å². The molecule has 0 aliphatic heterocycles. The predicted octanol–water partition coefficient (Wildman–Crippen LogP) is 4.05. The van der Waals surface area contributed by atoms with Gasteiger partial charge in [0, 0.05) is 6.92 Å². The smallest absolute Gasteiger partial charge is 0.302 e. The normalized spacial score (nSPS) is 9.21. The van der Waals surface area contributed by atoms with E-state index in [4.69, 9.17) is 4.74 Å². The Labute approximate surface area is 115 Å². The van der Waals surface area contributed by atoms with E-state index in [1.165, 1.54) is 18.1 Å². The molecule has 2 heteroatoms. The lowest BCUT2D eigenvalue weighted by Crippen LogP contribution is -1.97. The highest BCUT2D eigenvalue weighted by Crippen LogP contribution is 2.00. The van der Waals surface area contributed by atoms with Gasteiger partial charge in [-0.05, 0) is 19.4 Å². The number of benzene rings is 2. The van der Waals surface area contributed by atoms with Crippen LogP contribution in [-0.4, -0.2) is 5.97 Å². The van der Waals surface area contributed by atoms with Crippen LogP contribution in [0.15, 0.2) is 54.6 Å². The number of ether oxygens (including phenoxy) is 1. The molecule has 19 heavy (non-hydrogen) atoms. The maximum Gasteiger partial charge on any atom is 0.302 e. The molecule has 0 saturated carbocycles. The van der Waals surface area contributed by atoms with Crippen LogP contribution in [0.5, 0.6) is 0 Å². The average molecular weight is 256 g/mol. The van der Waals surface area contributed by atoms with Gasteiger partial charge in [-0.2, -0.15) is 0 Å². The van der Waals surface area contributed by atoms with Crippen LogP contribution in [0, 0.1) is 13.8 Å². The van der Waals surface area contributed by atoms with Crippen molar-refractivity contribution in [3.63, 3.8) is 0 Å². The zero-order valence-electron chi connectivity index (χ0n) is 11.7. The van der Waals surface area contributed by atoms with Crippen LogP contribution in [-0.2, 0) is 16.1 Å². The summed E-state index contributed by atoms with van der Waals surface area (Å²) in [5, 5.41) is 0. The van der Waals surface area contributed by atoms with E-state index < -0.39 is 0 Å². The topological polar surface area (TPSA) is 26.3 Å². The number of esters is 1. The number of hydrogen-bond donors (Lipinski definition) is 0. The first-order valence-electron chi connectivity index (χ1n) is 6.28. The highest BCUT2D eigenvalue weighted by atomic mass is 16.5. The monoisotopic (exact) mass is 256 g/mol. The predicted molar refractivity (Wildman–Crippen MR) is 77.8 cm³/mol. The van der Waals surface area contributed by atoms with Gasteiger partial charge in [0.2, 0.25) is 0 Å². The Kier molecular flexibility index (Phi) is 6.37. The van der Waals surface area contributed by atoms with Gasteiger partial charge < -0.3 is 4.74 Å². The summed E-state index contributed by atoms with van der Waals surface area (Å²) in [6, 6.07) is 18.1. The zero-order chi connectivity index (χ0) is 14.1. The minimum Gasteiger partial charge on any atom is -0.461 e. The molecular weight excluding hydrogens is 236 g/mol. The molecule has 0 spiro atoms. The van der Waals surface area contributed by atoms with Gasteiger partial charge in [0.25, 0.3) is 0 Å². The average Bonchev–Trinajstić information content (AvgIpc) is 2.42. The molecule has 0 saturated heterocycles. The number of carbonyl (C=O) groups is 1. The van der Waals surface area contributed by atoms with Crippen LogP contribution in [0.4, 0.5) is 0 Å². The van der Waals surface area contributed by atoms with Crippen molar-refractivity contribution in [3.05, 3.63) is 71.3 Å². The molecule has 0 amide bonds. The van der Waals surface area contributed by atoms with Gasteiger partial charge in [-0.25, -0.2) is 0 Å². The standard InChI is InChI=1S/C9H10O2.C8H10/c1-8(10)11-7-9-5-3-2-4-6-9;1-7-3-5-8(2)6-4-7/h2-6H,7H2,1H3;3-6H,1-2H3. The van der Waals surface area contributed by atoms with Crippen molar-refractivity contribution in [3.8, 4) is 0 Å². The Morgan fingerprint density at radius 2 is 1.37 bits per heavy atom. The summed E-state index contributed by atoms with van der Waals surface area (Å²) in [6.07, 6.45) is 0. The highest BCUT2D eigenvalue weighted by molar-refractivity contribution is 5.65. The fourth-order valence-electron chi connectivity index (χ4n) is 1.40. The second-order valence-electron chi connectivity index (χ2n) is 4.42. The van der Waals surface area contributed by atoms with Crippen LogP contribution >= 0.6 is 0 Å². The van der Waals surface area contributed by atoms with Gasteiger partial charge >= 0.3 is 5.97 Å². The van der Waals surface area contributed by atoms with Gasteiger partial charge in [0.15, 0.2) is 0 Å². The summed E-state index contributed by atoms with van der Waals surface area (Å²) in [4.78, 5) is 10.4. The molecule has 0 unspecified atom stereocenters. The molecule has 0 aliphatic rings. The Morgan fingerprint density at radius 3 is 1.79 bits per heavy atom. The molecule has 100 valence electrons. The van der Waals surface area contributed by atoms with Crippen LogP contribution in [0.25, 0.3) is 0 Å². The van der Waals surface area contributed by atoms with Crippen LogP contribution < -0.4 is 0 Å². The SMILES string of the molecule is CC(=O)OCc1ccccc1.Cc1ccc(C)cc1. The number of carbonyl (C=O) groups excluding carboxylic acids is 1. The summed E-state index contributed by atoms with van der Waals surface area (Å²) < 4.78 is 4.79. The van der Waals surface area contributed by atoms with E-state index in [2.05, 4.69) is 38.1 Å². The summed E-state index contributed by atoms with van der Waals surface area (Å²) >= 11 is 0. The first kappa shape index (κ1) is 15.0. The second-order valence-corrected chi connectivity index (χ2v) is 4.42. The van der Waals surface area contributed by atoms with Crippen molar-refractivity contribution in [2.45, 2.75) is 27.4 Å². The van der Waals surface area contributed by atoms with E-state index in [0.29, 0.717) is 6.61 Å². The molecular formula is C17H20O2. The van der Waals surface area contributed by atoms with Crippen molar-refractivity contribution in [2.75, 3.05) is 0 Å². The largest absolute Gasteiger partial charge is 0.461 e. The third kappa shape index (κ3) is 7.04. The van der Waals surface area contributed by atoms with Crippen LogP contribution in [0.3, 0.4) is 0 Å². The Bertz CT molecular complexity index is 465. The summed E-state index contributed by atoms with van der Waals surface area (Å²) in [7, 11) is 0. The van der Waals surface area contributed by atoms with Crippen molar-refractivity contribution >= 4 is 5.97 Å². The lowest BCUT2D eigenvalue weighted by atomic mass is 10.2. The minimum absolute atomic E-state index is 0.242. The molecule has 0 fully saturated rings. The molecule has 0 bridgehead atoms. The van der Waals surface area contributed by atoms with E-state index in [9.17, 15) is 4.79 Å². The van der Waals surface area contributed by atoms with Crippen molar-refractivity contribution in [2.24, 2.45) is 0 Å². The highest BCUT2D eigenvalue weighted by Gasteiger charge is 1.93. The molecule has 2 rings (SSSR count). The summed E-state index contributed by atoms with van der Waals surface area (Å²) in [6.45, 7) is 5.97. The van der Waals surface area contributed by atoms with Gasteiger partial charge in [0.05, 0.1) is 0 Å². The van der Waals surface area contributed by atoms with E-state index in [1.807, 2.05) is 30.3 Å². The van der Waals surface area contributed by atoms with Gasteiger partial charge in [-0.1, -0.05) is 65.7 Å². The molecule has 2 aromatic rings. The second kappa shape index (κ2) is 8.09. The zero-order valence-corrected chi connectivity index (χ0v) is 11.7. The van der Waals surface area contributed by atoms with E-state index in [1.54, 1.807) is 0 Å². The quantitative estimate of drug-likeness (QED) is 0.758. The number of aryl methyl sites for hydroxylation is 2. The lowest BCUT2D eigenvalue weighted by molar-refractivity contribution is -0.142. The van der Waals surface area contributed by atoms with E-state index in [0.717, 1.165) is 5.56 Å². The molecule has 0 aliphatic carbocycles. The van der Waals surface area contributed by atoms with Crippen molar-refractivity contribution < 1.29 is 9.53 Å². The molecule has 0 N–H and O–H groups in total. The Morgan fingerprint density at radius 1 is 0.895 bits per heavy atom. The fraction of sp³-hybridized carbons (Fsp3) is 0.235. The third-order valence-corrected chi connectivity index (χ3v) is 2.50. The molecule has 0 aromatic heterocycles. The fourth-order valence-corrected chi connectivity index (χ4v) is 1.40. The minimum atomic E-state index is -0.242. The lowest BCUT2D eigenvalue weighted by Gasteiger charge is -1.99. The van der Waals surface area contributed by atoms with Crippen LogP contribution in [0.1, 0.15) is 23.6 Å². The van der Waals surface area contributed by atoms with E-state index in [-0.39, 0.29) is 5.97 Å². The molecule has 0 heterocycles. The first-order chi connectivity index (χ1) is 9.08. The van der Waals surface area contributed by atoms with Gasteiger partial charge in [-0.3, -0.25) is 4.79 Å². The van der Waals surface area contributed by atoms with E-state index >= 15 is 0 Å². The first-order valence-corrected chi connectivity index (χ1v) is 6.28. The van der Waals surface area contributed by atoms with Crippen molar-refractivity contribution in [1.29, 1.82) is 0 Å². The molecule has 0 atom stereocenters.